The van der Waals surface area contributed by atoms with Gasteiger partial charge in [-0.05, 0) is 56.3 Å². The molecule has 0 aliphatic carbocycles. The maximum Gasteiger partial charge on any atom is 0.419 e. The van der Waals surface area contributed by atoms with Gasteiger partial charge in [0, 0.05) is 23.7 Å². The van der Waals surface area contributed by atoms with Crippen LogP contribution in [0.2, 0.25) is 0 Å². The van der Waals surface area contributed by atoms with Crippen LogP contribution in [-0.4, -0.2) is 26.9 Å². The number of nitrogens with two attached hydrogens (primary N) is 1. The van der Waals surface area contributed by atoms with E-state index in [1.54, 1.807) is 18.4 Å². The van der Waals surface area contributed by atoms with Gasteiger partial charge in [-0.25, -0.2) is 13.8 Å². The summed E-state index contributed by atoms with van der Waals surface area (Å²) in [7, 11) is 0. The molecule has 1 aliphatic rings. The zero-order chi connectivity index (χ0) is 24.8. The standard InChI is InChI=1S/C23H20F5N5O/c1-22(2)21-31-19(13-3-5-14(24)6-4-13)20(32(21)9-10-33(22)18(34)12-29)30-15-7-8-17(25)16(11-15)23(26,27)28/h3-11,30H,12,29H2,1-2H3. The highest BCUT2D eigenvalue weighted by Crippen LogP contribution is 2.40. The number of alkyl halides is 3. The number of amides is 1. The lowest BCUT2D eigenvalue weighted by Crippen LogP contribution is -2.47. The van der Waals surface area contributed by atoms with Crippen LogP contribution in [-0.2, 0) is 16.5 Å². The Hall–Kier alpha value is -3.73. The molecule has 0 radical (unpaired) electrons. The Labute approximate surface area is 191 Å². The van der Waals surface area contributed by atoms with Crippen molar-refractivity contribution < 1.29 is 26.7 Å². The summed E-state index contributed by atoms with van der Waals surface area (Å²) in [6.45, 7) is 3.24. The predicted octanol–water partition coefficient (Wildman–Crippen LogP) is 5.05. The third kappa shape index (κ3) is 4.03. The van der Waals surface area contributed by atoms with E-state index in [1.807, 2.05) is 0 Å². The van der Waals surface area contributed by atoms with E-state index < -0.39 is 28.9 Å². The van der Waals surface area contributed by atoms with E-state index in [0.29, 0.717) is 23.1 Å². The van der Waals surface area contributed by atoms with E-state index >= 15 is 0 Å². The van der Waals surface area contributed by atoms with Crippen LogP contribution in [0.5, 0.6) is 0 Å². The van der Waals surface area contributed by atoms with Gasteiger partial charge < -0.3 is 16.0 Å². The number of nitrogens with zero attached hydrogens (tertiary/aromatic N) is 3. The van der Waals surface area contributed by atoms with Gasteiger partial charge in [0.25, 0.3) is 0 Å². The molecule has 1 aliphatic heterocycles. The van der Waals surface area contributed by atoms with Crippen molar-refractivity contribution in [2.24, 2.45) is 5.73 Å². The van der Waals surface area contributed by atoms with Crippen LogP contribution >= 0.6 is 0 Å². The second-order valence-electron chi connectivity index (χ2n) is 8.15. The lowest BCUT2D eigenvalue weighted by molar-refractivity contribution is -0.140. The fourth-order valence-electron chi connectivity index (χ4n) is 3.82. The number of hydrogen-bond acceptors (Lipinski definition) is 4. The number of rotatable bonds is 4. The number of nitrogens with one attached hydrogen (secondary N) is 1. The van der Waals surface area contributed by atoms with Crippen molar-refractivity contribution in [2.45, 2.75) is 25.6 Å². The predicted molar refractivity (Wildman–Crippen MR) is 117 cm³/mol. The van der Waals surface area contributed by atoms with Crippen LogP contribution in [0.25, 0.3) is 17.5 Å². The van der Waals surface area contributed by atoms with Gasteiger partial charge in [-0.2, -0.15) is 13.2 Å². The minimum atomic E-state index is -4.89. The van der Waals surface area contributed by atoms with Crippen molar-refractivity contribution in [3.05, 3.63) is 71.7 Å². The number of halogens is 5. The second-order valence-corrected chi connectivity index (χ2v) is 8.15. The first-order chi connectivity index (χ1) is 15.9. The molecule has 11 heteroatoms. The van der Waals surface area contributed by atoms with Crippen LogP contribution in [0.15, 0.2) is 48.7 Å². The fourth-order valence-corrected chi connectivity index (χ4v) is 3.82. The molecule has 2 heterocycles. The number of fused-ring (bicyclic) bond motifs is 1. The van der Waals surface area contributed by atoms with Crippen LogP contribution in [0.1, 0.15) is 25.2 Å². The van der Waals surface area contributed by atoms with E-state index in [4.69, 9.17) is 5.73 Å². The quantitative estimate of drug-likeness (QED) is 0.516. The molecule has 0 fully saturated rings. The molecule has 1 aromatic heterocycles. The van der Waals surface area contributed by atoms with Crippen molar-refractivity contribution >= 4 is 23.6 Å². The molecule has 6 nitrogen and oxygen atoms in total. The number of imidazole rings is 1. The summed E-state index contributed by atoms with van der Waals surface area (Å²) in [5, 5.41) is 2.89. The molecule has 34 heavy (non-hydrogen) atoms. The Bertz CT molecular complexity index is 1280. The topological polar surface area (TPSA) is 76.2 Å². The highest BCUT2D eigenvalue weighted by Gasteiger charge is 2.39. The normalized spacial score (nSPS) is 14.8. The van der Waals surface area contributed by atoms with Gasteiger partial charge in [0.05, 0.1) is 12.1 Å². The highest BCUT2D eigenvalue weighted by molar-refractivity contribution is 5.83. The van der Waals surface area contributed by atoms with Gasteiger partial charge in [0.15, 0.2) is 0 Å². The van der Waals surface area contributed by atoms with Gasteiger partial charge in [0.1, 0.15) is 34.5 Å². The van der Waals surface area contributed by atoms with Crippen LogP contribution in [0.3, 0.4) is 0 Å². The van der Waals surface area contributed by atoms with E-state index in [2.05, 4.69) is 10.3 Å². The molecule has 0 bridgehead atoms. The summed E-state index contributed by atoms with van der Waals surface area (Å²) in [5.41, 5.74) is 3.87. The third-order valence-electron chi connectivity index (χ3n) is 5.52. The number of anilines is 2. The number of hydrogen-bond donors (Lipinski definition) is 2. The number of aromatic nitrogens is 2. The molecule has 4 rings (SSSR count). The molecular formula is C23H20F5N5O. The Morgan fingerprint density at radius 1 is 1.09 bits per heavy atom. The second kappa shape index (κ2) is 8.24. The summed E-state index contributed by atoms with van der Waals surface area (Å²) in [6, 6.07) is 7.94. The van der Waals surface area contributed by atoms with Crippen molar-refractivity contribution in [3.8, 4) is 11.3 Å². The van der Waals surface area contributed by atoms with E-state index in [0.717, 1.165) is 6.07 Å². The first-order valence-corrected chi connectivity index (χ1v) is 10.2. The first-order valence-electron chi connectivity index (χ1n) is 10.2. The van der Waals surface area contributed by atoms with Crippen LogP contribution < -0.4 is 11.1 Å². The summed E-state index contributed by atoms with van der Waals surface area (Å²) in [6.07, 6.45) is -1.87. The molecule has 0 saturated heterocycles. The Morgan fingerprint density at radius 3 is 2.38 bits per heavy atom. The molecule has 2 aromatic carbocycles. The zero-order valence-electron chi connectivity index (χ0n) is 18.1. The molecule has 0 atom stereocenters. The SMILES string of the molecule is CC1(C)c2nc(-c3ccc(F)cc3)c(Nc3ccc(F)c(C(F)(F)F)c3)n2C=CN1C(=O)CN. The third-order valence-corrected chi connectivity index (χ3v) is 5.52. The van der Waals surface area contributed by atoms with E-state index in [9.17, 15) is 26.7 Å². The van der Waals surface area contributed by atoms with Gasteiger partial charge in [-0.1, -0.05) is 0 Å². The minimum absolute atomic E-state index is 0.0357. The largest absolute Gasteiger partial charge is 0.419 e. The first kappa shape index (κ1) is 23.4. The number of carbonyl (C=O) groups excluding carboxylic acids is 1. The monoisotopic (exact) mass is 477 g/mol. The molecular weight excluding hydrogens is 457 g/mol. The van der Waals surface area contributed by atoms with Crippen molar-refractivity contribution in [3.63, 3.8) is 0 Å². The Balaban J connectivity index is 1.88. The van der Waals surface area contributed by atoms with Crippen LogP contribution in [0, 0.1) is 11.6 Å². The summed E-state index contributed by atoms with van der Waals surface area (Å²) in [5.74, 6) is -1.59. The Morgan fingerprint density at radius 2 is 1.76 bits per heavy atom. The Kier molecular flexibility index (Phi) is 5.68. The van der Waals surface area contributed by atoms with Gasteiger partial charge in [-0.3, -0.25) is 9.36 Å². The molecule has 0 saturated carbocycles. The summed E-state index contributed by atoms with van der Waals surface area (Å²) >= 11 is 0. The smallest absolute Gasteiger partial charge is 0.339 e. The van der Waals surface area contributed by atoms with Crippen molar-refractivity contribution in [2.75, 3.05) is 11.9 Å². The molecule has 3 N–H and O–H groups in total. The van der Waals surface area contributed by atoms with Gasteiger partial charge in [-0.15, -0.1) is 0 Å². The van der Waals surface area contributed by atoms with E-state index in [-0.39, 0.29) is 24.0 Å². The molecule has 0 unspecified atom stereocenters. The molecule has 1 amide bonds. The summed E-state index contributed by atoms with van der Waals surface area (Å²) in [4.78, 5) is 18.4. The van der Waals surface area contributed by atoms with Crippen molar-refractivity contribution in [1.82, 2.24) is 14.5 Å². The van der Waals surface area contributed by atoms with Crippen LogP contribution in [0.4, 0.5) is 33.5 Å². The number of carbonyl (C=O) groups is 1. The lowest BCUT2D eigenvalue weighted by atomic mass is 10.0. The average Bonchev–Trinajstić information content (AvgIpc) is 3.14. The average molecular weight is 477 g/mol. The molecule has 0 spiro atoms. The molecule has 3 aromatic rings. The van der Waals surface area contributed by atoms with Gasteiger partial charge in [0.2, 0.25) is 5.91 Å². The minimum Gasteiger partial charge on any atom is -0.339 e. The van der Waals surface area contributed by atoms with Crippen molar-refractivity contribution in [1.29, 1.82) is 0 Å². The zero-order valence-corrected chi connectivity index (χ0v) is 18.1. The van der Waals surface area contributed by atoms with Gasteiger partial charge >= 0.3 is 6.18 Å². The maximum absolute atomic E-state index is 13.8. The maximum atomic E-state index is 13.8. The number of benzene rings is 2. The lowest BCUT2D eigenvalue weighted by Gasteiger charge is -2.38. The molecule has 178 valence electrons. The fraction of sp³-hybridized carbons (Fsp3) is 0.217. The highest BCUT2D eigenvalue weighted by atomic mass is 19.4. The van der Waals surface area contributed by atoms with E-state index in [1.165, 1.54) is 47.6 Å². The summed E-state index contributed by atoms with van der Waals surface area (Å²) < 4.78 is 68.6.